The van der Waals surface area contributed by atoms with Gasteiger partial charge in [-0.15, -0.1) is 0 Å². The minimum absolute atomic E-state index is 0.311. The van der Waals surface area contributed by atoms with Crippen molar-refractivity contribution in [3.63, 3.8) is 0 Å². The Bertz CT molecular complexity index is 641. The highest BCUT2D eigenvalue weighted by atomic mass is 79.9. The summed E-state index contributed by atoms with van der Waals surface area (Å²) in [5, 5.41) is 9.40. The van der Waals surface area contributed by atoms with E-state index in [1.54, 1.807) is 17.8 Å². The van der Waals surface area contributed by atoms with Gasteiger partial charge in [0.2, 0.25) is 0 Å². The normalized spacial score (nSPS) is 10.4. The minimum atomic E-state index is -0.358. The molecule has 1 heterocycles. The molecule has 20 heavy (non-hydrogen) atoms. The van der Waals surface area contributed by atoms with Gasteiger partial charge in [-0.3, -0.25) is 4.68 Å². The van der Waals surface area contributed by atoms with Crippen molar-refractivity contribution in [2.24, 2.45) is 7.05 Å². The van der Waals surface area contributed by atoms with E-state index in [4.69, 9.17) is 0 Å². The second-order valence-corrected chi connectivity index (χ2v) is 5.27. The van der Waals surface area contributed by atoms with Gasteiger partial charge in [0, 0.05) is 31.0 Å². The lowest BCUT2D eigenvalue weighted by atomic mass is 10.2. The van der Waals surface area contributed by atoms with Crippen molar-refractivity contribution in [2.75, 3.05) is 5.32 Å². The van der Waals surface area contributed by atoms with E-state index < -0.39 is 0 Å². The molecule has 0 spiro atoms. The van der Waals surface area contributed by atoms with Gasteiger partial charge in [-0.25, -0.2) is 9.18 Å². The molecule has 0 saturated heterocycles. The zero-order chi connectivity index (χ0) is 14.7. The van der Waals surface area contributed by atoms with E-state index in [1.807, 2.05) is 13.2 Å². The standard InChI is InChI=1S/C13H14BrFN4O/c1-8-3-11(15)10(14)4-12(8)18-13(20)16-5-9-6-17-19(2)7-9/h3-4,6-7H,5H2,1-2H3,(H2,16,18,20). The maximum absolute atomic E-state index is 13.3. The highest BCUT2D eigenvalue weighted by Crippen LogP contribution is 2.24. The molecular weight excluding hydrogens is 327 g/mol. The predicted octanol–water partition coefficient (Wildman–Crippen LogP) is 2.95. The quantitative estimate of drug-likeness (QED) is 0.902. The summed E-state index contributed by atoms with van der Waals surface area (Å²) in [6.07, 6.45) is 3.50. The molecule has 2 N–H and O–H groups in total. The van der Waals surface area contributed by atoms with Crippen molar-refractivity contribution in [1.82, 2.24) is 15.1 Å². The van der Waals surface area contributed by atoms with Crippen LogP contribution >= 0.6 is 15.9 Å². The number of hydrogen-bond acceptors (Lipinski definition) is 2. The van der Waals surface area contributed by atoms with Crippen LogP contribution in [0.2, 0.25) is 0 Å². The molecule has 0 bridgehead atoms. The third kappa shape index (κ3) is 3.57. The van der Waals surface area contributed by atoms with Crippen LogP contribution in [-0.2, 0) is 13.6 Å². The molecule has 0 aliphatic rings. The molecule has 1 aromatic heterocycles. The zero-order valence-corrected chi connectivity index (χ0v) is 12.7. The molecule has 0 unspecified atom stereocenters. The topological polar surface area (TPSA) is 59.0 Å². The van der Waals surface area contributed by atoms with Crippen molar-refractivity contribution in [1.29, 1.82) is 0 Å². The minimum Gasteiger partial charge on any atom is -0.334 e. The van der Waals surface area contributed by atoms with Crippen LogP contribution in [0.5, 0.6) is 0 Å². The number of halogens is 2. The SMILES string of the molecule is Cc1cc(F)c(Br)cc1NC(=O)NCc1cnn(C)c1. The molecular formula is C13H14BrFN4O. The average Bonchev–Trinajstić information content (AvgIpc) is 2.79. The van der Waals surface area contributed by atoms with Crippen molar-refractivity contribution in [3.8, 4) is 0 Å². The summed E-state index contributed by atoms with van der Waals surface area (Å²) in [5.41, 5.74) is 2.11. The van der Waals surface area contributed by atoms with E-state index in [9.17, 15) is 9.18 Å². The summed E-state index contributed by atoms with van der Waals surface area (Å²) < 4.78 is 15.3. The summed E-state index contributed by atoms with van der Waals surface area (Å²) in [6, 6.07) is 2.55. The first-order chi connectivity index (χ1) is 9.45. The number of aryl methyl sites for hydroxylation is 2. The number of carbonyl (C=O) groups excluding carboxylic acids is 1. The predicted molar refractivity (Wildman–Crippen MR) is 77.9 cm³/mol. The first kappa shape index (κ1) is 14.5. The van der Waals surface area contributed by atoms with Gasteiger partial charge in [0.15, 0.2) is 0 Å². The number of anilines is 1. The summed E-state index contributed by atoms with van der Waals surface area (Å²) in [7, 11) is 1.81. The van der Waals surface area contributed by atoms with Gasteiger partial charge in [-0.05, 0) is 40.5 Å². The van der Waals surface area contributed by atoms with E-state index in [0.29, 0.717) is 22.3 Å². The molecule has 0 aliphatic heterocycles. The Balaban J connectivity index is 1.96. The highest BCUT2D eigenvalue weighted by molar-refractivity contribution is 9.10. The van der Waals surface area contributed by atoms with Crippen LogP contribution in [0.15, 0.2) is 29.0 Å². The van der Waals surface area contributed by atoms with E-state index in [1.165, 1.54) is 12.1 Å². The molecule has 0 radical (unpaired) electrons. The zero-order valence-electron chi connectivity index (χ0n) is 11.1. The van der Waals surface area contributed by atoms with Crippen molar-refractivity contribution >= 4 is 27.6 Å². The number of amides is 2. The van der Waals surface area contributed by atoms with Gasteiger partial charge >= 0.3 is 6.03 Å². The molecule has 2 rings (SSSR count). The Kier molecular flexibility index (Phi) is 4.39. The smallest absolute Gasteiger partial charge is 0.319 e. The van der Waals surface area contributed by atoms with Crippen LogP contribution in [0.4, 0.5) is 14.9 Å². The van der Waals surface area contributed by atoms with E-state index in [2.05, 4.69) is 31.7 Å². The first-order valence-corrected chi connectivity index (χ1v) is 6.73. The fourth-order valence-corrected chi connectivity index (χ4v) is 2.04. The van der Waals surface area contributed by atoms with Gasteiger partial charge in [0.25, 0.3) is 0 Å². The Labute approximate surface area is 124 Å². The molecule has 0 fully saturated rings. The second kappa shape index (κ2) is 6.04. The largest absolute Gasteiger partial charge is 0.334 e. The van der Waals surface area contributed by atoms with Crippen molar-refractivity contribution < 1.29 is 9.18 Å². The average molecular weight is 341 g/mol. The lowest BCUT2D eigenvalue weighted by molar-refractivity contribution is 0.251. The van der Waals surface area contributed by atoms with Crippen LogP contribution in [-0.4, -0.2) is 15.8 Å². The molecule has 5 nitrogen and oxygen atoms in total. The Morgan fingerprint density at radius 3 is 2.90 bits per heavy atom. The van der Waals surface area contributed by atoms with Gasteiger partial charge in [-0.2, -0.15) is 5.10 Å². The summed E-state index contributed by atoms with van der Waals surface area (Å²) in [5.74, 6) is -0.358. The number of carbonyl (C=O) groups is 1. The number of aromatic nitrogens is 2. The van der Waals surface area contributed by atoms with Crippen LogP contribution in [0.25, 0.3) is 0 Å². The van der Waals surface area contributed by atoms with Crippen molar-refractivity contribution in [3.05, 3.63) is 45.9 Å². The Morgan fingerprint density at radius 2 is 2.25 bits per heavy atom. The Hall–Kier alpha value is -1.89. The van der Waals surface area contributed by atoms with Crippen LogP contribution < -0.4 is 10.6 Å². The molecule has 0 saturated carbocycles. The number of urea groups is 1. The Morgan fingerprint density at radius 1 is 1.50 bits per heavy atom. The summed E-state index contributed by atoms with van der Waals surface area (Å²) >= 11 is 3.09. The maximum Gasteiger partial charge on any atom is 0.319 e. The lowest BCUT2D eigenvalue weighted by Gasteiger charge is -2.10. The van der Waals surface area contributed by atoms with Crippen LogP contribution in [0.3, 0.4) is 0 Å². The second-order valence-electron chi connectivity index (χ2n) is 4.41. The molecule has 106 valence electrons. The monoisotopic (exact) mass is 340 g/mol. The molecule has 0 aliphatic carbocycles. The van der Waals surface area contributed by atoms with Crippen molar-refractivity contribution in [2.45, 2.75) is 13.5 Å². The number of rotatable bonds is 3. The fraction of sp³-hybridized carbons (Fsp3) is 0.231. The third-order valence-electron chi connectivity index (χ3n) is 2.73. The van der Waals surface area contributed by atoms with Crippen LogP contribution in [0, 0.1) is 12.7 Å². The third-order valence-corrected chi connectivity index (χ3v) is 3.33. The molecule has 7 heteroatoms. The molecule has 2 aromatic rings. The van der Waals surface area contributed by atoms with Gasteiger partial charge in [0.1, 0.15) is 5.82 Å². The molecule has 2 amide bonds. The van der Waals surface area contributed by atoms with Gasteiger partial charge < -0.3 is 10.6 Å². The number of nitrogens with one attached hydrogen (secondary N) is 2. The first-order valence-electron chi connectivity index (χ1n) is 5.93. The van der Waals surface area contributed by atoms with E-state index in [0.717, 1.165) is 5.56 Å². The fourth-order valence-electron chi connectivity index (χ4n) is 1.69. The number of hydrogen-bond donors (Lipinski definition) is 2. The molecule has 1 aromatic carbocycles. The van der Waals surface area contributed by atoms with Gasteiger partial charge in [0.05, 0.1) is 10.7 Å². The van der Waals surface area contributed by atoms with E-state index in [-0.39, 0.29) is 11.8 Å². The summed E-state index contributed by atoms with van der Waals surface area (Å²) in [6.45, 7) is 2.10. The number of nitrogens with zero attached hydrogens (tertiary/aromatic N) is 2. The highest BCUT2D eigenvalue weighted by Gasteiger charge is 2.08. The number of benzene rings is 1. The maximum atomic E-state index is 13.3. The van der Waals surface area contributed by atoms with E-state index >= 15 is 0 Å². The molecule has 0 atom stereocenters. The lowest BCUT2D eigenvalue weighted by Crippen LogP contribution is -2.28. The van der Waals surface area contributed by atoms with Gasteiger partial charge in [-0.1, -0.05) is 0 Å². The summed E-state index contributed by atoms with van der Waals surface area (Å²) in [4.78, 5) is 11.8. The van der Waals surface area contributed by atoms with Crippen LogP contribution in [0.1, 0.15) is 11.1 Å².